The number of aliphatic hydroxyl groups is 1. The molecular formula is C43H52FN11O4. The zero-order valence-electron chi connectivity index (χ0n) is 33.9. The Balaban J connectivity index is 0.776. The molecule has 16 heteroatoms. The normalized spacial score (nSPS) is 22.9. The Hall–Kier alpha value is -5.32. The minimum absolute atomic E-state index is 0.131. The summed E-state index contributed by atoms with van der Waals surface area (Å²) < 4.78 is 19.0. The molecule has 3 N–H and O–H groups in total. The lowest BCUT2D eigenvalue weighted by atomic mass is 9.89. The number of carbonyl (C=O) groups excluding carboxylic acids is 3. The summed E-state index contributed by atoms with van der Waals surface area (Å²) in [6.45, 7) is 11.1. The summed E-state index contributed by atoms with van der Waals surface area (Å²) in [5.41, 5.74) is 3.11. The van der Waals surface area contributed by atoms with Gasteiger partial charge in [-0.15, -0.1) is 0 Å². The van der Waals surface area contributed by atoms with Crippen molar-refractivity contribution in [2.75, 3.05) is 49.5 Å². The number of nitrogens with zero attached hydrogens (tertiary/aromatic N) is 9. The molecule has 1 aliphatic carbocycles. The number of aryl methyl sites for hydroxylation is 1. The summed E-state index contributed by atoms with van der Waals surface area (Å²) in [6.07, 6.45) is 13.7. The number of carbonyl (C=O) groups is 3. The highest BCUT2D eigenvalue weighted by atomic mass is 19.1. The Morgan fingerprint density at radius 3 is 2.32 bits per heavy atom. The zero-order chi connectivity index (χ0) is 41.0. The van der Waals surface area contributed by atoms with Crippen molar-refractivity contribution >= 4 is 45.6 Å². The number of piperazine rings is 1. The van der Waals surface area contributed by atoms with Crippen molar-refractivity contribution in [3.8, 4) is 0 Å². The molecule has 7 heterocycles. The number of aromatic nitrogens is 6. The van der Waals surface area contributed by atoms with Crippen molar-refractivity contribution < 1.29 is 23.9 Å². The van der Waals surface area contributed by atoms with Gasteiger partial charge in [-0.3, -0.25) is 39.2 Å². The number of piperidine rings is 2. The monoisotopic (exact) mass is 805 g/mol. The predicted molar refractivity (Wildman–Crippen MR) is 220 cm³/mol. The molecule has 1 atom stereocenters. The van der Waals surface area contributed by atoms with Crippen LogP contribution in [-0.4, -0.2) is 113 Å². The first-order valence-electron chi connectivity index (χ1n) is 21.0. The van der Waals surface area contributed by atoms with Gasteiger partial charge in [-0.05, 0) is 83.9 Å². The molecule has 4 aromatic heterocycles. The molecule has 3 aliphatic heterocycles. The summed E-state index contributed by atoms with van der Waals surface area (Å²) in [4.78, 5) is 53.8. The van der Waals surface area contributed by atoms with E-state index in [0.29, 0.717) is 40.2 Å². The van der Waals surface area contributed by atoms with E-state index in [1.165, 1.54) is 12.3 Å². The van der Waals surface area contributed by atoms with E-state index in [1.807, 2.05) is 19.1 Å². The Bertz CT molecular complexity index is 2400. The van der Waals surface area contributed by atoms with E-state index in [-0.39, 0.29) is 36.4 Å². The minimum Gasteiger partial charge on any atom is -0.386 e. The molecule has 4 fully saturated rings. The first-order chi connectivity index (χ1) is 28.4. The van der Waals surface area contributed by atoms with Crippen LogP contribution < -0.4 is 15.5 Å². The molecule has 1 saturated carbocycles. The van der Waals surface area contributed by atoms with Crippen LogP contribution in [0.5, 0.6) is 0 Å². The fourth-order valence-electron chi connectivity index (χ4n) is 9.80. The molecule has 1 aromatic carbocycles. The van der Waals surface area contributed by atoms with Crippen LogP contribution in [0, 0.1) is 12.7 Å². The Morgan fingerprint density at radius 2 is 1.63 bits per heavy atom. The molecule has 0 spiro atoms. The lowest BCUT2D eigenvalue weighted by molar-refractivity contribution is -0.134. The molecule has 59 heavy (non-hydrogen) atoms. The second-order valence-corrected chi connectivity index (χ2v) is 17.2. The number of hydrogen-bond acceptors (Lipinski definition) is 11. The summed E-state index contributed by atoms with van der Waals surface area (Å²) in [6, 6.07) is 8.38. The number of fused-ring (bicyclic) bond motifs is 2. The van der Waals surface area contributed by atoms with Crippen molar-refractivity contribution in [2.45, 2.75) is 102 Å². The summed E-state index contributed by atoms with van der Waals surface area (Å²) >= 11 is 0. The van der Waals surface area contributed by atoms with Gasteiger partial charge in [0.2, 0.25) is 11.8 Å². The van der Waals surface area contributed by atoms with Gasteiger partial charge >= 0.3 is 0 Å². The molecular weight excluding hydrogens is 754 g/mol. The lowest BCUT2D eigenvalue weighted by Gasteiger charge is -2.46. The van der Waals surface area contributed by atoms with Crippen LogP contribution in [0.25, 0.3) is 16.6 Å². The molecule has 3 amide bonds. The number of pyridine rings is 1. The number of anilines is 2. The number of halogens is 1. The van der Waals surface area contributed by atoms with E-state index >= 15 is 4.39 Å². The largest absolute Gasteiger partial charge is 0.386 e. The van der Waals surface area contributed by atoms with Gasteiger partial charge in [0, 0.05) is 99.1 Å². The number of rotatable bonds is 8. The quantitative estimate of drug-likeness (QED) is 0.186. The van der Waals surface area contributed by atoms with Gasteiger partial charge in [0.15, 0.2) is 5.65 Å². The molecule has 1 unspecified atom stereocenters. The molecule has 4 aliphatic rings. The third-order valence-electron chi connectivity index (χ3n) is 13.1. The van der Waals surface area contributed by atoms with Crippen LogP contribution in [0.4, 0.5) is 15.8 Å². The topological polar surface area (TPSA) is 166 Å². The number of amides is 3. The third-order valence-corrected chi connectivity index (χ3v) is 13.1. The number of nitrogens with one attached hydrogen (secondary N) is 2. The average Bonchev–Trinajstić information content (AvgIpc) is 3.86. The lowest BCUT2D eigenvalue weighted by Crippen LogP contribution is -2.55. The minimum atomic E-state index is -1.22. The van der Waals surface area contributed by atoms with Crippen LogP contribution in [-0.2, 0) is 15.2 Å². The maximum Gasteiger partial charge on any atom is 0.261 e. The first kappa shape index (κ1) is 39.2. The summed E-state index contributed by atoms with van der Waals surface area (Å²) in [5, 5.41) is 26.6. The van der Waals surface area contributed by atoms with Crippen molar-refractivity contribution in [2.24, 2.45) is 0 Å². The Kier molecular flexibility index (Phi) is 10.4. The Labute approximate surface area is 342 Å². The fourth-order valence-corrected chi connectivity index (χ4v) is 9.80. The maximum atomic E-state index is 15.3. The highest BCUT2D eigenvalue weighted by Crippen LogP contribution is 2.37. The summed E-state index contributed by atoms with van der Waals surface area (Å²) in [5.74, 6) is -2.37. The SMILES string of the molecule is Cc1nc(C2CCC(=O)NC2=O)c(F)cc1N1CCC(N2CCN(C3CCC(n4cc5cc(NC(=O)c6cnn7cccnc67)c(C(C)(C)O)cc5n4)CC3)CC2)CC1. The third kappa shape index (κ3) is 7.80. The van der Waals surface area contributed by atoms with Crippen LogP contribution in [0.2, 0.25) is 0 Å². The van der Waals surface area contributed by atoms with Crippen molar-refractivity contribution in [3.05, 3.63) is 77.4 Å². The van der Waals surface area contributed by atoms with E-state index in [1.54, 1.807) is 36.8 Å². The highest BCUT2D eigenvalue weighted by Gasteiger charge is 2.35. The van der Waals surface area contributed by atoms with Crippen LogP contribution in [0.3, 0.4) is 0 Å². The van der Waals surface area contributed by atoms with Crippen molar-refractivity contribution in [1.29, 1.82) is 0 Å². The van der Waals surface area contributed by atoms with Crippen molar-refractivity contribution in [3.63, 3.8) is 0 Å². The first-order valence-corrected chi connectivity index (χ1v) is 21.0. The van der Waals surface area contributed by atoms with Crippen LogP contribution in [0.15, 0.2) is 49.1 Å². The van der Waals surface area contributed by atoms with Gasteiger partial charge in [-0.25, -0.2) is 13.9 Å². The average molecular weight is 806 g/mol. The molecule has 0 bridgehead atoms. The maximum absolute atomic E-state index is 15.3. The van der Waals surface area contributed by atoms with E-state index in [9.17, 15) is 19.5 Å². The zero-order valence-corrected chi connectivity index (χ0v) is 33.9. The van der Waals surface area contributed by atoms with Gasteiger partial charge in [-0.1, -0.05) is 0 Å². The number of imide groups is 1. The van der Waals surface area contributed by atoms with Gasteiger partial charge < -0.3 is 15.3 Å². The van der Waals surface area contributed by atoms with Gasteiger partial charge in [0.05, 0.1) is 46.3 Å². The van der Waals surface area contributed by atoms with E-state index in [2.05, 4.69) is 51.3 Å². The smallest absolute Gasteiger partial charge is 0.261 e. The van der Waals surface area contributed by atoms with E-state index < -0.39 is 23.2 Å². The van der Waals surface area contributed by atoms with Gasteiger partial charge in [0.25, 0.3) is 5.91 Å². The van der Waals surface area contributed by atoms with E-state index in [4.69, 9.17) is 5.10 Å². The predicted octanol–water partition coefficient (Wildman–Crippen LogP) is 4.69. The second-order valence-electron chi connectivity index (χ2n) is 17.2. The number of hydrogen-bond donors (Lipinski definition) is 3. The van der Waals surface area contributed by atoms with Gasteiger partial charge in [-0.2, -0.15) is 10.2 Å². The molecule has 310 valence electrons. The number of benzene rings is 1. The highest BCUT2D eigenvalue weighted by molar-refractivity contribution is 6.09. The fraction of sp³-hybridized carbons (Fsp3) is 0.512. The molecule has 3 saturated heterocycles. The van der Waals surface area contributed by atoms with Gasteiger partial charge in [0.1, 0.15) is 11.4 Å². The molecule has 0 radical (unpaired) electrons. The summed E-state index contributed by atoms with van der Waals surface area (Å²) in [7, 11) is 0. The van der Waals surface area contributed by atoms with E-state index in [0.717, 1.165) is 94.4 Å². The van der Waals surface area contributed by atoms with Crippen LogP contribution in [0.1, 0.15) is 104 Å². The Morgan fingerprint density at radius 1 is 0.932 bits per heavy atom. The second kappa shape index (κ2) is 15.7. The molecule has 5 aromatic rings. The molecule has 15 nitrogen and oxygen atoms in total. The molecule has 9 rings (SSSR count). The van der Waals surface area contributed by atoms with Crippen molar-refractivity contribution in [1.82, 2.24) is 44.5 Å². The van der Waals surface area contributed by atoms with Crippen LogP contribution >= 0.6 is 0 Å². The standard InChI is InChI=1S/C43H52FN11O4/c1-26-37(23-34(44)39(47-26)31-9-10-38(56)49-41(31)57)53-15-11-29(12-16-53)52-19-17-51(18-20-52)28-5-7-30(8-6-28)55-25-27-21-36(33(43(2,3)59)22-35(27)50-55)48-42(58)32-24-46-54-14-4-13-45-40(32)54/h4,13-14,21-25,28-31,59H,5-12,15-20H2,1-3H3,(H,48,58)(H,49,56,57).